The molecule has 0 saturated carbocycles. The minimum atomic E-state index is -0.323. The number of nitrogens with zero attached hydrogens (tertiary/aromatic N) is 2. The fourth-order valence-corrected chi connectivity index (χ4v) is 2.89. The molecule has 0 spiro atoms. The molecule has 0 bridgehead atoms. The Morgan fingerprint density at radius 3 is 2.19 bits per heavy atom. The minimum absolute atomic E-state index is 0.138. The molecule has 0 atom stereocenters. The molecular formula is C17H20N2O2. The van der Waals surface area contributed by atoms with E-state index in [0.29, 0.717) is 12.2 Å². The van der Waals surface area contributed by atoms with Gasteiger partial charge in [-0.1, -0.05) is 29.8 Å². The van der Waals surface area contributed by atoms with Gasteiger partial charge in [-0.3, -0.25) is 10.1 Å². The smallest absolute Gasteiger partial charge is 0.292 e. The van der Waals surface area contributed by atoms with E-state index < -0.39 is 0 Å². The van der Waals surface area contributed by atoms with E-state index in [1.165, 1.54) is 5.56 Å². The van der Waals surface area contributed by atoms with Gasteiger partial charge in [0.25, 0.3) is 5.69 Å². The molecule has 0 heterocycles. The normalized spacial score (nSPS) is 10.5. The molecule has 0 aliphatic heterocycles. The van der Waals surface area contributed by atoms with Crippen molar-refractivity contribution in [1.82, 2.24) is 0 Å². The van der Waals surface area contributed by atoms with Crippen molar-refractivity contribution in [1.29, 1.82) is 0 Å². The Labute approximate surface area is 125 Å². The fourth-order valence-electron chi connectivity index (χ4n) is 2.89. The van der Waals surface area contributed by atoms with Crippen LogP contribution in [0.15, 0.2) is 36.4 Å². The van der Waals surface area contributed by atoms with E-state index in [9.17, 15) is 10.1 Å². The van der Waals surface area contributed by atoms with Crippen LogP contribution in [0.1, 0.15) is 23.6 Å². The van der Waals surface area contributed by atoms with Crippen LogP contribution in [-0.2, 0) is 0 Å². The van der Waals surface area contributed by atoms with E-state index in [1.807, 2.05) is 31.7 Å². The highest BCUT2D eigenvalue weighted by Crippen LogP contribution is 2.37. The quantitative estimate of drug-likeness (QED) is 0.605. The predicted octanol–water partition coefficient (Wildman–Crippen LogP) is 4.68. The summed E-state index contributed by atoms with van der Waals surface area (Å²) in [6.07, 6.45) is 0. The van der Waals surface area contributed by atoms with Gasteiger partial charge < -0.3 is 4.90 Å². The van der Waals surface area contributed by atoms with Crippen LogP contribution in [0.2, 0.25) is 0 Å². The zero-order valence-corrected chi connectivity index (χ0v) is 12.9. The van der Waals surface area contributed by atoms with Gasteiger partial charge in [0, 0.05) is 18.3 Å². The second-order valence-corrected chi connectivity index (χ2v) is 5.24. The van der Waals surface area contributed by atoms with Crippen LogP contribution < -0.4 is 4.90 Å². The molecule has 0 amide bonds. The SMILES string of the molecule is CCN(c1ccccc1[N+](=O)[O-])c1c(C)cc(C)cc1C. The molecule has 0 radical (unpaired) electrons. The highest BCUT2D eigenvalue weighted by atomic mass is 16.6. The Bertz CT molecular complexity index is 657. The van der Waals surface area contributed by atoms with Crippen molar-refractivity contribution in [3.05, 3.63) is 63.2 Å². The zero-order chi connectivity index (χ0) is 15.6. The molecule has 0 saturated heterocycles. The first-order valence-electron chi connectivity index (χ1n) is 7.04. The van der Waals surface area contributed by atoms with E-state index in [-0.39, 0.29) is 10.6 Å². The van der Waals surface area contributed by atoms with Crippen molar-refractivity contribution in [2.45, 2.75) is 27.7 Å². The minimum Gasteiger partial charge on any atom is -0.336 e. The largest absolute Gasteiger partial charge is 0.336 e. The van der Waals surface area contributed by atoms with E-state index >= 15 is 0 Å². The van der Waals surface area contributed by atoms with Crippen LogP contribution in [0, 0.1) is 30.9 Å². The third kappa shape index (κ3) is 2.89. The van der Waals surface area contributed by atoms with Crippen LogP contribution in [0.5, 0.6) is 0 Å². The lowest BCUT2D eigenvalue weighted by atomic mass is 10.0. The molecular weight excluding hydrogens is 264 g/mol. The summed E-state index contributed by atoms with van der Waals surface area (Å²) < 4.78 is 0. The summed E-state index contributed by atoms with van der Waals surface area (Å²) in [4.78, 5) is 13.0. The van der Waals surface area contributed by atoms with Crippen LogP contribution >= 0.6 is 0 Å². The lowest BCUT2D eigenvalue weighted by Crippen LogP contribution is -2.19. The molecule has 0 aliphatic carbocycles. The van der Waals surface area contributed by atoms with Crippen molar-refractivity contribution in [3.63, 3.8) is 0 Å². The maximum atomic E-state index is 11.3. The van der Waals surface area contributed by atoms with Crippen molar-refractivity contribution in [3.8, 4) is 0 Å². The summed E-state index contributed by atoms with van der Waals surface area (Å²) in [7, 11) is 0. The Morgan fingerprint density at radius 1 is 1.10 bits per heavy atom. The number of hydrogen-bond acceptors (Lipinski definition) is 3. The first-order valence-corrected chi connectivity index (χ1v) is 7.04. The second kappa shape index (κ2) is 5.95. The number of benzene rings is 2. The zero-order valence-electron chi connectivity index (χ0n) is 12.9. The van der Waals surface area contributed by atoms with Crippen molar-refractivity contribution < 1.29 is 4.92 Å². The van der Waals surface area contributed by atoms with E-state index in [4.69, 9.17) is 0 Å². The molecule has 21 heavy (non-hydrogen) atoms. The van der Waals surface area contributed by atoms with Crippen LogP contribution in [0.4, 0.5) is 17.1 Å². The highest BCUT2D eigenvalue weighted by molar-refractivity contribution is 5.75. The van der Waals surface area contributed by atoms with E-state index in [2.05, 4.69) is 19.1 Å². The molecule has 4 heteroatoms. The maximum Gasteiger partial charge on any atom is 0.292 e. The monoisotopic (exact) mass is 284 g/mol. The third-order valence-electron chi connectivity index (χ3n) is 3.59. The summed E-state index contributed by atoms with van der Waals surface area (Å²) in [6.45, 7) is 8.84. The Balaban J connectivity index is 2.64. The van der Waals surface area contributed by atoms with Gasteiger partial charge >= 0.3 is 0 Å². The highest BCUT2D eigenvalue weighted by Gasteiger charge is 2.21. The van der Waals surface area contributed by atoms with Crippen molar-refractivity contribution in [2.75, 3.05) is 11.4 Å². The Hall–Kier alpha value is -2.36. The predicted molar refractivity (Wildman–Crippen MR) is 86.4 cm³/mol. The van der Waals surface area contributed by atoms with Crippen LogP contribution in [0.25, 0.3) is 0 Å². The molecule has 110 valence electrons. The molecule has 0 fully saturated rings. The number of anilines is 2. The Kier molecular flexibility index (Phi) is 4.26. The first-order chi connectivity index (χ1) is 9.95. The average molecular weight is 284 g/mol. The maximum absolute atomic E-state index is 11.3. The molecule has 0 aliphatic rings. The molecule has 0 aromatic heterocycles. The third-order valence-corrected chi connectivity index (χ3v) is 3.59. The van der Waals surface area contributed by atoms with Gasteiger partial charge in [-0.25, -0.2) is 0 Å². The molecule has 2 aromatic carbocycles. The summed E-state index contributed by atoms with van der Waals surface area (Å²) in [5.41, 5.74) is 5.29. The average Bonchev–Trinajstić information content (AvgIpc) is 2.42. The lowest BCUT2D eigenvalue weighted by molar-refractivity contribution is -0.384. The Morgan fingerprint density at radius 2 is 1.67 bits per heavy atom. The van der Waals surface area contributed by atoms with Gasteiger partial charge in [0.05, 0.1) is 4.92 Å². The van der Waals surface area contributed by atoms with Gasteiger partial charge in [0.2, 0.25) is 0 Å². The summed E-state index contributed by atoms with van der Waals surface area (Å²) >= 11 is 0. The van der Waals surface area contributed by atoms with Crippen LogP contribution in [-0.4, -0.2) is 11.5 Å². The molecule has 2 rings (SSSR count). The number of para-hydroxylation sites is 2. The number of hydrogen-bond donors (Lipinski definition) is 0. The van der Waals surface area contributed by atoms with Gasteiger partial charge in [0.1, 0.15) is 5.69 Å². The number of nitro groups is 1. The van der Waals surface area contributed by atoms with Gasteiger partial charge in [-0.15, -0.1) is 0 Å². The fraction of sp³-hybridized carbons (Fsp3) is 0.294. The van der Waals surface area contributed by atoms with Crippen molar-refractivity contribution in [2.24, 2.45) is 0 Å². The second-order valence-electron chi connectivity index (χ2n) is 5.24. The van der Waals surface area contributed by atoms with Crippen molar-refractivity contribution >= 4 is 17.1 Å². The molecule has 0 N–H and O–H groups in total. The van der Waals surface area contributed by atoms with E-state index in [1.54, 1.807) is 18.2 Å². The van der Waals surface area contributed by atoms with E-state index in [0.717, 1.165) is 16.8 Å². The topological polar surface area (TPSA) is 46.4 Å². The summed E-state index contributed by atoms with van der Waals surface area (Å²) in [5, 5.41) is 11.3. The van der Waals surface area contributed by atoms with Gasteiger partial charge in [-0.2, -0.15) is 0 Å². The number of aryl methyl sites for hydroxylation is 3. The molecule has 4 nitrogen and oxygen atoms in total. The summed E-state index contributed by atoms with van der Waals surface area (Å²) in [5.74, 6) is 0. The first kappa shape index (κ1) is 15.0. The molecule has 2 aromatic rings. The summed E-state index contributed by atoms with van der Waals surface area (Å²) in [6, 6.07) is 11.1. The van der Waals surface area contributed by atoms with Gasteiger partial charge in [-0.05, 0) is 44.9 Å². The number of rotatable bonds is 4. The van der Waals surface area contributed by atoms with Crippen LogP contribution in [0.3, 0.4) is 0 Å². The van der Waals surface area contributed by atoms with Gasteiger partial charge in [0.15, 0.2) is 0 Å². The number of nitro benzene ring substituents is 1. The molecule has 0 unspecified atom stereocenters. The standard InChI is InChI=1S/C17H20N2O2/c1-5-18(15-8-6-7-9-16(15)19(20)21)17-13(3)10-12(2)11-14(17)4/h6-11H,5H2,1-4H3. The lowest BCUT2D eigenvalue weighted by Gasteiger charge is -2.27.